The molecular weight excluding hydrogens is 453 g/mol. The van der Waals surface area contributed by atoms with E-state index >= 15 is 0 Å². The second kappa shape index (κ2) is 9.09. The number of pyridine rings is 1. The summed E-state index contributed by atoms with van der Waals surface area (Å²) in [6, 6.07) is 2.41. The van der Waals surface area contributed by atoms with Crippen LogP contribution in [0.2, 0.25) is 0 Å². The van der Waals surface area contributed by atoms with Crippen molar-refractivity contribution in [2.24, 2.45) is 0 Å². The van der Waals surface area contributed by atoms with E-state index in [1.807, 2.05) is 11.9 Å². The Morgan fingerprint density at radius 2 is 2.03 bits per heavy atom. The number of aromatic nitrogens is 1. The largest absolute Gasteiger partial charge is 0.491 e. The van der Waals surface area contributed by atoms with Crippen LogP contribution in [-0.2, 0) is 6.54 Å². The van der Waals surface area contributed by atoms with Crippen molar-refractivity contribution in [3.05, 3.63) is 57.0 Å². The number of hydrogen-bond donors (Lipinski definition) is 1. The lowest BCUT2D eigenvalue weighted by Gasteiger charge is -2.48. The Morgan fingerprint density at radius 1 is 1.27 bits per heavy atom. The zero-order valence-corrected chi connectivity index (χ0v) is 19.5. The third-order valence-corrected chi connectivity index (χ3v) is 6.38. The number of carbonyl (C=O) groups is 2. The van der Waals surface area contributed by atoms with Gasteiger partial charge in [0.05, 0.1) is 7.11 Å². The lowest BCUT2D eigenvalue weighted by molar-refractivity contribution is 0.0534. The minimum atomic E-state index is -1.07. The molecule has 1 aromatic carbocycles. The average Bonchev–Trinajstić information content (AvgIpc) is 2.80. The number of nitrogens with one attached hydrogen (secondary N) is 1. The highest BCUT2D eigenvalue weighted by atomic mass is 31.0. The van der Waals surface area contributed by atoms with E-state index in [1.54, 1.807) is 4.90 Å². The predicted octanol–water partition coefficient (Wildman–Crippen LogP) is 1.49. The second-order valence-electron chi connectivity index (χ2n) is 7.99. The lowest BCUT2D eigenvalue weighted by atomic mass is 10.1. The number of ether oxygens (including phenoxy) is 1. The lowest BCUT2D eigenvalue weighted by Crippen LogP contribution is -2.63. The molecular formula is C22H25F2N4O4P. The number of fused-ring (bicyclic) bond motifs is 3. The summed E-state index contributed by atoms with van der Waals surface area (Å²) in [4.78, 5) is 40.9. The van der Waals surface area contributed by atoms with Crippen LogP contribution in [0, 0.1) is 11.6 Å². The monoisotopic (exact) mass is 478 g/mol. The third-order valence-electron chi connectivity index (χ3n) is 6.04. The smallest absolute Gasteiger partial charge is 0.278 e. The molecule has 0 aliphatic carbocycles. The predicted molar refractivity (Wildman–Crippen MR) is 122 cm³/mol. The first-order valence-corrected chi connectivity index (χ1v) is 11.3. The number of benzene rings is 1. The van der Waals surface area contributed by atoms with Crippen molar-refractivity contribution in [2.75, 3.05) is 25.2 Å². The molecule has 0 radical (unpaired) electrons. The molecule has 2 aromatic rings. The molecule has 0 spiro atoms. The molecule has 0 saturated carbocycles. The maximum Gasteiger partial charge on any atom is 0.278 e. The van der Waals surface area contributed by atoms with Gasteiger partial charge in [0, 0.05) is 31.4 Å². The van der Waals surface area contributed by atoms with Crippen molar-refractivity contribution in [1.29, 1.82) is 0 Å². The first-order valence-electron chi connectivity index (χ1n) is 10.7. The van der Waals surface area contributed by atoms with Crippen molar-refractivity contribution in [1.82, 2.24) is 14.9 Å². The van der Waals surface area contributed by atoms with Crippen molar-refractivity contribution < 1.29 is 23.1 Å². The topological polar surface area (TPSA) is 83.9 Å². The van der Waals surface area contributed by atoms with E-state index in [2.05, 4.69) is 14.6 Å². The highest BCUT2D eigenvalue weighted by Gasteiger charge is 2.41. The molecule has 0 bridgehead atoms. The Labute approximate surface area is 191 Å². The van der Waals surface area contributed by atoms with E-state index in [0.29, 0.717) is 18.4 Å². The van der Waals surface area contributed by atoms with Crippen molar-refractivity contribution in [3.63, 3.8) is 0 Å². The summed E-state index contributed by atoms with van der Waals surface area (Å²) in [6.45, 7) is 2.66. The first-order chi connectivity index (χ1) is 15.8. The molecule has 2 aliphatic rings. The Hall–Kier alpha value is -3.00. The maximum atomic E-state index is 14.1. The van der Waals surface area contributed by atoms with Gasteiger partial charge in [0.25, 0.3) is 11.8 Å². The molecule has 4 rings (SSSR count). The molecule has 2 aliphatic heterocycles. The Kier molecular flexibility index (Phi) is 6.38. The number of rotatable bonds is 5. The van der Waals surface area contributed by atoms with Crippen molar-refractivity contribution in [2.45, 2.75) is 38.9 Å². The fourth-order valence-electron chi connectivity index (χ4n) is 4.49. The average molecular weight is 478 g/mol. The summed E-state index contributed by atoms with van der Waals surface area (Å²) in [5, 5.41) is 4.85. The minimum Gasteiger partial charge on any atom is -0.491 e. The third kappa shape index (κ3) is 3.97. The molecule has 3 heterocycles. The number of methoxy groups -OCH3 is 1. The Balaban J connectivity index is 1.73. The molecule has 1 unspecified atom stereocenters. The molecule has 2 amide bonds. The van der Waals surface area contributed by atoms with Crippen LogP contribution < -0.4 is 25.8 Å². The molecule has 2 atom stereocenters. The van der Waals surface area contributed by atoms with Gasteiger partial charge in [-0.15, -0.1) is 9.24 Å². The molecule has 1 N–H and O–H groups in total. The van der Waals surface area contributed by atoms with Crippen LogP contribution in [0.25, 0.3) is 0 Å². The number of halogens is 2. The van der Waals surface area contributed by atoms with Crippen LogP contribution in [-0.4, -0.2) is 47.8 Å². The van der Waals surface area contributed by atoms with Crippen LogP contribution in [0.4, 0.5) is 8.78 Å². The van der Waals surface area contributed by atoms with Crippen LogP contribution in [0.15, 0.2) is 23.1 Å². The van der Waals surface area contributed by atoms with Gasteiger partial charge < -0.3 is 15.0 Å². The molecule has 8 nitrogen and oxygen atoms in total. The van der Waals surface area contributed by atoms with E-state index in [1.165, 1.54) is 24.0 Å². The first kappa shape index (κ1) is 23.2. The molecule has 1 aromatic heterocycles. The molecule has 1 saturated heterocycles. The molecule has 1 fully saturated rings. The molecule has 33 heavy (non-hydrogen) atoms. The van der Waals surface area contributed by atoms with Crippen LogP contribution in [0.3, 0.4) is 0 Å². The number of piperidine rings is 1. The summed E-state index contributed by atoms with van der Waals surface area (Å²) >= 11 is 0. The number of nitrogens with zero attached hydrogens (tertiary/aromatic N) is 3. The van der Waals surface area contributed by atoms with Gasteiger partial charge in [-0.05, 0) is 43.6 Å². The number of carbonyl (C=O) groups excluding carboxylic acids is 2. The van der Waals surface area contributed by atoms with Gasteiger partial charge in [-0.25, -0.2) is 8.78 Å². The summed E-state index contributed by atoms with van der Waals surface area (Å²) in [6.07, 6.45) is 3.77. The van der Waals surface area contributed by atoms with E-state index in [9.17, 15) is 23.2 Å². The minimum absolute atomic E-state index is 0.0526. The summed E-state index contributed by atoms with van der Waals surface area (Å²) in [5.41, 5.74) is -0.973. The van der Waals surface area contributed by atoms with Gasteiger partial charge in [0.1, 0.15) is 11.7 Å². The summed E-state index contributed by atoms with van der Waals surface area (Å²) in [5.74, 6) is -3.43. The zero-order valence-electron chi connectivity index (χ0n) is 18.4. The standard InChI is InChI=1S/C22H25F2N4O4P/c1-3-26-16-6-4-5-7-27(16)28-11-14(19(29)20(32-2)18(28)22(26)31)21(30)25-10-12-8-13(33)9-15(23)17(12)24/h8-9,11,16H,3-7,10,33H2,1-2H3,(H,25,30)/t16-/m0/s1. The number of hydrogen-bond acceptors (Lipinski definition) is 5. The van der Waals surface area contributed by atoms with Crippen molar-refractivity contribution in [3.8, 4) is 5.75 Å². The van der Waals surface area contributed by atoms with Gasteiger partial charge in [0.15, 0.2) is 23.1 Å². The van der Waals surface area contributed by atoms with Crippen LogP contribution in [0.5, 0.6) is 5.75 Å². The van der Waals surface area contributed by atoms with Crippen LogP contribution >= 0.6 is 9.24 Å². The van der Waals surface area contributed by atoms with E-state index in [4.69, 9.17) is 4.74 Å². The number of amides is 2. The molecule has 11 heteroatoms. The normalized spacial score (nSPS) is 17.5. The SMILES string of the molecule is CCN1C(=O)c2c(OC)c(=O)c(C(=O)NCc3cc(P)cc(F)c3F)cn2N2CCCC[C@@H]12. The Bertz CT molecular complexity index is 1190. The van der Waals surface area contributed by atoms with Gasteiger partial charge in [0.2, 0.25) is 5.43 Å². The molecule has 176 valence electrons. The zero-order chi connectivity index (χ0) is 23.9. The Morgan fingerprint density at radius 3 is 2.73 bits per heavy atom. The van der Waals surface area contributed by atoms with Gasteiger partial charge in [-0.1, -0.05) is 0 Å². The van der Waals surface area contributed by atoms with E-state index in [-0.39, 0.29) is 41.2 Å². The van der Waals surface area contributed by atoms with Crippen LogP contribution in [0.1, 0.15) is 52.6 Å². The quantitative estimate of drug-likeness (QED) is 0.659. The second-order valence-corrected chi connectivity index (χ2v) is 8.65. The van der Waals surface area contributed by atoms with E-state index < -0.39 is 23.0 Å². The van der Waals surface area contributed by atoms with E-state index in [0.717, 1.165) is 25.3 Å². The van der Waals surface area contributed by atoms with Crippen molar-refractivity contribution >= 4 is 26.4 Å². The summed E-state index contributed by atoms with van der Waals surface area (Å²) < 4.78 is 34.6. The fraction of sp³-hybridized carbons (Fsp3) is 0.409. The highest BCUT2D eigenvalue weighted by molar-refractivity contribution is 7.27. The fourth-order valence-corrected chi connectivity index (χ4v) is 4.84. The van der Waals surface area contributed by atoms with Gasteiger partial charge in [-0.3, -0.25) is 24.1 Å². The van der Waals surface area contributed by atoms with Gasteiger partial charge >= 0.3 is 0 Å². The summed E-state index contributed by atoms with van der Waals surface area (Å²) in [7, 11) is 3.54. The maximum absolute atomic E-state index is 14.1. The highest BCUT2D eigenvalue weighted by Crippen LogP contribution is 2.29. The van der Waals surface area contributed by atoms with Gasteiger partial charge in [-0.2, -0.15) is 0 Å².